The van der Waals surface area contributed by atoms with Gasteiger partial charge < -0.3 is 19.5 Å². The summed E-state index contributed by atoms with van der Waals surface area (Å²) >= 11 is 0. The number of benzene rings is 3. The molecule has 1 amide bonds. The van der Waals surface area contributed by atoms with Crippen molar-refractivity contribution >= 4 is 21.6 Å². The molecule has 3 rings (SSSR count). The van der Waals surface area contributed by atoms with Crippen LogP contribution in [0, 0.1) is 0 Å². The molecule has 0 heterocycles. The Morgan fingerprint density at radius 1 is 0.889 bits per heavy atom. The number of hydrogen-bond acceptors (Lipinski definition) is 6. The minimum Gasteiger partial charge on any atom is -0.493 e. The van der Waals surface area contributed by atoms with Crippen LogP contribution in [0.3, 0.4) is 0 Å². The van der Waals surface area contributed by atoms with Gasteiger partial charge in [0.25, 0.3) is 10.0 Å². The molecular formula is C27H32N2O6S. The number of rotatable bonds is 12. The van der Waals surface area contributed by atoms with Crippen molar-refractivity contribution in [3.05, 3.63) is 78.4 Å². The van der Waals surface area contributed by atoms with E-state index in [9.17, 15) is 13.2 Å². The highest BCUT2D eigenvalue weighted by Crippen LogP contribution is 2.33. The van der Waals surface area contributed by atoms with Gasteiger partial charge in [0.05, 0.1) is 37.5 Å². The number of nitrogens with one attached hydrogen (secondary N) is 1. The number of anilines is 1. The van der Waals surface area contributed by atoms with Gasteiger partial charge in [-0.15, -0.1) is 0 Å². The molecule has 0 saturated carbocycles. The third kappa shape index (κ3) is 6.09. The first-order valence-corrected chi connectivity index (χ1v) is 13.1. The summed E-state index contributed by atoms with van der Waals surface area (Å²) in [7, 11) is -0.962. The Morgan fingerprint density at radius 2 is 1.56 bits per heavy atom. The fourth-order valence-corrected chi connectivity index (χ4v) is 5.27. The molecule has 9 heteroatoms. The molecule has 3 aromatic rings. The number of nitrogens with zero attached hydrogens (tertiary/aromatic N) is 1. The molecule has 0 spiro atoms. The first-order valence-electron chi connectivity index (χ1n) is 11.7. The van der Waals surface area contributed by atoms with E-state index in [1.807, 2.05) is 19.9 Å². The molecule has 36 heavy (non-hydrogen) atoms. The molecule has 0 radical (unpaired) electrons. The lowest BCUT2D eigenvalue weighted by molar-refractivity contribution is -0.120. The summed E-state index contributed by atoms with van der Waals surface area (Å²) in [6.07, 6.45) is 0.586. The minimum atomic E-state index is -4.06. The largest absolute Gasteiger partial charge is 0.493 e. The molecule has 0 bridgehead atoms. The number of methoxy groups -OCH3 is 2. The summed E-state index contributed by atoms with van der Waals surface area (Å²) in [4.78, 5) is 13.4. The number of para-hydroxylation sites is 2. The Balaban J connectivity index is 1.94. The smallest absolute Gasteiger partial charge is 0.264 e. The van der Waals surface area contributed by atoms with E-state index < -0.39 is 22.5 Å². The summed E-state index contributed by atoms with van der Waals surface area (Å²) in [5, 5.41) is 2.96. The third-order valence-electron chi connectivity index (χ3n) is 5.61. The number of sulfonamides is 1. The maximum Gasteiger partial charge on any atom is 0.264 e. The summed E-state index contributed by atoms with van der Waals surface area (Å²) in [5.41, 5.74) is 1.10. The highest BCUT2D eigenvalue weighted by atomic mass is 32.2. The highest BCUT2D eigenvalue weighted by molar-refractivity contribution is 7.92. The van der Waals surface area contributed by atoms with Crippen molar-refractivity contribution in [3.8, 4) is 17.2 Å². The number of carbonyl (C=O) groups excluding carboxylic acids is 1. The van der Waals surface area contributed by atoms with Crippen LogP contribution in [-0.4, -0.2) is 41.7 Å². The first-order chi connectivity index (χ1) is 17.3. The number of amides is 1. The second-order valence-electron chi connectivity index (χ2n) is 7.87. The van der Waals surface area contributed by atoms with Gasteiger partial charge in [0, 0.05) is 0 Å². The lowest BCUT2D eigenvalue weighted by Gasteiger charge is -2.27. The van der Waals surface area contributed by atoms with Crippen LogP contribution in [0.2, 0.25) is 0 Å². The first kappa shape index (κ1) is 26.9. The van der Waals surface area contributed by atoms with Crippen molar-refractivity contribution < 1.29 is 27.4 Å². The summed E-state index contributed by atoms with van der Waals surface area (Å²) < 4.78 is 44.8. The predicted octanol–water partition coefficient (Wildman–Crippen LogP) is 4.57. The highest BCUT2D eigenvalue weighted by Gasteiger charge is 2.30. The molecule has 0 aliphatic carbocycles. The predicted molar refractivity (Wildman–Crippen MR) is 139 cm³/mol. The van der Waals surface area contributed by atoms with E-state index in [-0.39, 0.29) is 16.6 Å². The Bertz CT molecular complexity index is 1260. The molecule has 0 saturated heterocycles. The van der Waals surface area contributed by atoms with E-state index in [1.54, 1.807) is 68.8 Å². The van der Waals surface area contributed by atoms with E-state index in [0.717, 1.165) is 9.87 Å². The zero-order chi connectivity index (χ0) is 26.1. The van der Waals surface area contributed by atoms with Crippen LogP contribution in [-0.2, 0) is 14.8 Å². The monoisotopic (exact) mass is 512 g/mol. The zero-order valence-corrected chi connectivity index (χ0v) is 21.7. The van der Waals surface area contributed by atoms with Gasteiger partial charge in [0.1, 0.15) is 12.3 Å². The number of hydrogen-bond donors (Lipinski definition) is 1. The average Bonchev–Trinajstić information content (AvgIpc) is 2.91. The molecule has 0 fully saturated rings. The number of carbonyl (C=O) groups is 1. The fraction of sp³-hybridized carbons (Fsp3) is 0.296. The van der Waals surface area contributed by atoms with E-state index in [4.69, 9.17) is 14.2 Å². The molecule has 192 valence electrons. The van der Waals surface area contributed by atoms with Crippen molar-refractivity contribution in [1.82, 2.24) is 5.32 Å². The van der Waals surface area contributed by atoms with Gasteiger partial charge in [-0.2, -0.15) is 0 Å². The maximum absolute atomic E-state index is 13.7. The normalized spacial score (nSPS) is 11.9. The Hall–Kier alpha value is -3.72. The third-order valence-corrected chi connectivity index (χ3v) is 7.38. The minimum absolute atomic E-state index is 0.0797. The van der Waals surface area contributed by atoms with Gasteiger partial charge in [0.2, 0.25) is 5.91 Å². The van der Waals surface area contributed by atoms with Crippen LogP contribution >= 0.6 is 0 Å². The molecule has 0 aromatic heterocycles. The van der Waals surface area contributed by atoms with Crippen molar-refractivity contribution in [2.75, 3.05) is 31.7 Å². The summed E-state index contributed by atoms with van der Waals surface area (Å²) in [5.74, 6) is 1.04. The Labute approximate surface area is 212 Å². The van der Waals surface area contributed by atoms with Gasteiger partial charge in [-0.1, -0.05) is 43.3 Å². The van der Waals surface area contributed by atoms with Crippen LogP contribution in [0.1, 0.15) is 31.9 Å². The molecule has 8 nitrogen and oxygen atoms in total. The lowest BCUT2D eigenvalue weighted by Crippen LogP contribution is -2.42. The molecule has 3 aromatic carbocycles. The van der Waals surface area contributed by atoms with Crippen molar-refractivity contribution in [2.24, 2.45) is 0 Å². The van der Waals surface area contributed by atoms with Crippen LogP contribution in [0.5, 0.6) is 17.2 Å². The second kappa shape index (κ2) is 12.3. The summed E-state index contributed by atoms with van der Waals surface area (Å²) in [6.45, 7) is 3.67. The lowest BCUT2D eigenvalue weighted by atomic mass is 10.0. The molecule has 1 atom stereocenters. The van der Waals surface area contributed by atoms with E-state index >= 15 is 0 Å². The fourth-order valence-electron chi connectivity index (χ4n) is 3.82. The quantitative estimate of drug-likeness (QED) is 0.382. The molecule has 1 unspecified atom stereocenters. The average molecular weight is 513 g/mol. The van der Waals surface area contributed by atoms with E-state index in [2.05, 4.69) is 5.32 Å². The maximum atomic E-state index is 13.7. The molecular weight excluding hydrogens is 480 g/mol. The standard InChI is InChI=1S/C27H32N2O6S/c1-5-22(20-16-17-25(33-3)26(18-20)34-4)28-27(30)19-29(23-14-10-11-15-24(23)35-6-2)36(31,32)21-12-8-7-9-13-21/h7-18,22H,5-6,19H2,1-4H3,(H,28,30). The molecule has 1 N–H and O–H groups in total. The summed E-state index contributed by atoms with van der Waals surface area (Å²) in [6, 6.07) is 19.9. The van der Waals surface area contributed by atoms with Crippen LogP contribution in [0.25, 0.3) is 0 Å². The van der Waals surface area contributed by atoms with Crippen LogP contribution in [0.4, 0.5) is 5.69 Å². The van der Waals surface area contributed by atoms with Crippen molar-refractivity contribution in [3.63, 3.8) is 0 Å². The molecule has 0 aliphatic rings. The van der Waals surface area contributed by atoms with Crippen molar-refractivity contribution in [2.45, 2.75) is 31.2 Å². The van der Waals surface area contributed by atoms with Gasteiger partial charge in [-0.05, 0) is 55.3 Å². The van der Waals surface area contributed by atoms with E-state index in [1.165, 1.54) is 12.1 Å². The van der Waals surface area contributed by atoms with E-state index in [0.29, 0.717) is 30.3 Å². The van der Waals surface area contributed by atoms with Gasteiger partial charge in [-0.25, -0.2) is 8.42 Å². The number of ether oxygens (including phenoxy) is 3. The zero-order valence-electron chi connectivity index (χ0n) is 20.9. The van der Waals surface area contributed by atoms with Crippen LogP contribution in [0.15, 0.2) is 77.7 Å². The van der Waals surface area contributed by atoms with Gasteiger partial charge in [-0.3, -0.25) is 9.10 Å². The SMILES string of the molecule is CCOc1ccccc1N(CC(=O)NC(CC)c1ccc(OC)c(OC)c1)S(=O)(=O)c1ccccc1. The van der Waals surface area contributed by atoms with Crippen molar-refractivity contribution in [1.29, 1.82) is 0 Å². The Kier molecular flexibility index (Phi) is 9.19. The topological polar surface area (TPSA) is 94.2 Å². The molecule has 0 aliphatic heterocycles. The van der Waals surface area contributed by atoms with Crippen LogP contribution < -0.4 is 23.8 Å². The van der Waals surface area contributed by atoms with Gasteiger partial charge >= 0.3 is 0 Å². The Morgan fingerprint density at radius 3 is 2.19 bits per heavy atom. The van der Waals surface area contributed by atoms with Gasteiger partial charge in [0.15, 0.2) is 11.5 Å². The second-order valence-corrected chi connectivity index (χ2v) is 9.73.